The number of imidazole rings is 1. The SMILES string of the molecule is CCCCc1cc(C)c(-c2cc3cnc(NC(=O)C4CC4F)cc3n3ccnc23)cn1. The van der Waals surface area contributed by atoms with E-state index in [0.717, 1.165) is 58.2 Å². The lowest BCUT2D eigenvalue weighted by atomic mass is 10.0. The molecule has 5 rings (SSSR count). The van der Waals surface area contributed by atoms with Gasteiger partial charge in [-0.15, -0.1) is 0 Å². The van der Waals surface area contributed by atoms with Gasteiger partial charge >= 0.3 is 0 Å². The first kappa shape index (κ1) is 19.6. The van der Waals surface area contributed by atoms with Crippen LogP contribution in [-0.4, -0.2) is 31.4 Å². The number of nitrogens with one attached hydrogen (secondary N) is 1. The number of halogens is 1. The van der Waals surface area contributed by atoms with Crippen LogP contribution in [0.5, 0.6) is 0 Å². The lowest BCUT2D eigenvalue weighted by Gasteiger charge is -2.12. The minimum atomic E-state index is -1.03. The van der Waals surface area contributed by atoms with Gasteiger partial charge in [-0.1, -0.05) is 13.3 Å². The van der Waals surface area contributed by atoms with Gasteiger partial charge in [-0.05, 0) is 43.9 Å². The predicted octanol–water partition coefficient (Wildman–Crippen LogP) is 4.89. The minimum absolute atomic E-state index is 0.291. The zero-order valence-electron chi connectivity index (χ0n) is 17.6. The fraction of sp³-hybridized carbons (Fsp3) is 0.333. The first-order valence-electron chi connectivity index (χ1n) is 10.7. The zero-order valence-corrected chi connectivity index (χ0v) is 17.6. The number of alkyl halides is 1. The normalized spacial score (nSPS) is 17.9. The average Bonchev–Trinajstić information content (AvgIpc) is 3.29. The Balaban J connectivity index is 1.55. The summed E-state index contributed by atoms with van der Waals surface area (Å²) in [5.41, 5.74) is 5.98. The van der Waals surface area contributed by atoms with Crippen molar-refractivity contribution >= 4 is 28.3 Å². The molecule has 1 amide bonds. The highest BCUT2D eigenvalue weighted by atomic mass is 19.1. The van der Waals surface area contributed by atoms with Crippen LogP contribution >= 0.6 is 0 Å². The van der Waals surface area contributed by atoms with Gasteiger partial charge < -0.3 is 5.32 Å². The fourth-order valence-electron chi connectivity index (χ4n) is 4.00. The summed E-state index contributed by atoms with van der Waals surface area (Å²) in [6, 6.07) is 6.02. The van der Waals surface area contributed by atoms with Crippen molar-refractivity contribution in [2.24, 2.45) is 5.92 Å². The molecule has 4 heterocycles. The van der Waals surface area contributed by atoms with Gasteiger partial charge in [0.25, 0.3) is 0 Å². The Bertz CT molecular complexity index is 1300. The summed E-state index contributed by atoms with van der Waals surface area (Å²) in [5.74, 6) is -0.455. The number of aromatic nitrogens is 4. The Hall–Kier alpha value is -3.35. The summed E-state index contributed by atoms with van der Waals surface area (Å²) in [4.78, 5) is 25.7. The standard InChI is InChI=1S/C24H24FN5O/c1-3-4-5-16-8-14(2)19(13-27-16)17-9-15-12-28-22(29-24(31)18-10-20(18)25)11-21(15)30-7-6-26-23(17)30/h6-9,11-13,18,20H,3-5,10H2,1-2H3,(H,28,29,31). The summed E-state index contributed by atoms with van der Waals surface area (Å²) < 4.78 is 15.2. The molecule has 6 nitrogen and oxygen atoms in total. The van der Waals surface area contributed by atoms with Crippen molar-refractivity contribution in [1.82, 2.24) is 19.4 Å². The Morgan fingerprint density at radius 2 is 2.03 bits per heavy atom. The molecule has 0 aromatic carbocycles. The van der Waals surface area contributed by atoms with Gasteiger partial charge in [0.05, 0.1) is 11.4 Å². The second kappa shape index (κ2) is 7.72. The van der Waals surface area contributed by atoms with Crippen LogP contribution in [0.1, 0.15) is 37.4 Å². The summed E-state index contributed by atoms with van der Waals surface area (Å²) in [7, 11) is 0. The molecule has 0 spiro atoms. The molecule has 2 unspecified atom stereocenters. The molecule has 1 aliphatic carbocycles. The Labute approximate surface area is 179 Å². The molecule has 1 fully saturated rings. The number of pyridine rings is 3. The van der Waals surface area contributed by atoms with Crippen molar-refractivity contribution in [2.75, 3.05) is 5.32 Å². The van der Waals surface area contributed by atoms with Gasteiger partial charge in [-0.3, -0.25) is 14.2 Å². The van der Waals surface area contributed by atoms with Gasteiger partial charge in [0.15, 0.2) is 0 Å². The van der Waals surface area contributed by atoms with Crippen LogP contribution in [0.25, 0.3) is 27.7 Å². The van der Waals surface area contributed by atoms with E-state index in [1.165, 1.54) is 0 Å². The van der Waals surface area contributed by atoms with E-state index >= 15 is 0 Å². The molecule has 1 aliphatic rings. The van der Waals surface area contributed by atoms with Crippen molar-refractivity contribution in [3.8, 4) is 11.1 Å². The average molecular weight is 417 g/mol. The highest BCUT2D eigenvalue weighted by Crippen LogP contribution is 2.35. The highest BCUT2D eigenvalue weighted by molar-refractivity contribution is 5.97. The second-order valence-corrected chi connectivity index (χ2v) is 8.25. The fourth-order valence-corrected chi connectivity index (χ4v) is 4.00. The number of aryl methyl sites for hydroxylation is 2. The quantitative estimate of drug-likeness (QED) is 0.485. The van der Waals surface area contributed by atoms with Crippen LogP contribution in [0.2, 0.25) is 0 Å². The van der Waals surface area contributed by atoms with E-state index in [4.69, 9.17) is 0 Å². The van der Waals surface area contributed by atoms with Gasteiger partial charge in [0, 0.05) is 53.1 Å². The summed E-state index contributed by atoms with van der Waals surface area (Å²) in [6.07, 6.45) is 9.82. The monoisotopic (exact) mass is 417 g/mol. The van der Waals surface area contributed by atoms with Gasteiger partial charge in [0.2, 0.25) is 5.91 Å². The number of amides is 1. The maximum atomic E-state index is 13.2. The molecule has 0 bridgehead atoms. The molecule has 2 atom stereocenters. The molecule has 0 radical (unpaired) electrons. The predicted molar refractivity (Wildman–Crippen MR) is 119 cm³/mol. The molecule has 1 N–H and O–H groups in total. The van der Waals surface area contributed by atoms with Gasteiger partial charge in [0.1, 0.15) is 17.6 Å². The zero-order chi connectivity index (χ0) is 21.5. The molecule has 31 heavy (non-hydrogen) atoms. The molecule has 1 saturated carbocycles. The molecular formula is C24H24FN5O. The summed E-state index contributed by atoms with van der Waals surface area (Å²) >= 11 is 0. The van der Waals surface area contributed by atoms with Crippen molar-refractivity contribution in [3.05, 3.63) is 54.2 Å². The molecule has 0 aliphatic heterocycles. The van der Waals surface area contributed by atoms with Crippen LogP contribution in [0.15, 0.2) is 43.0 Å². The number of carbonyl (C=O) groups is 1. The highest BCUT2D eigenvalue weighted by Gasteiger charge is 2.43. The van der Waals surface area contributed by atoms with E-state index in [2.05, 4.69) is 46.2 Å². The maximum Gasteiger partial charge on any atom is 0.231 e. The van der Waals surface area contributed by atoms with Crippen molar-refractivity contribution in [1.29, 1.82) is 0 Å². The van der Waals surface area contributed by atoms with Crippen LogP contribution < -0.4 is 5.32 Å². The second-order valence-electron chi connectivity index (χ2n) is 8.25. The van der Waals surface area contributed by atoms with Crippen molar-refractivity contribution in [2.45, 2.75) is 45.7 Å². The third-order valence-corrected chi connectivity index (χ3v) is 5.90. The topological polar surface area (TPSA) is 72.2 Å². The number of hydrogen-bond acceptors (Lipinski definition) is 4. The first-order chi connectivity index (χ1) is 15.0. The molecule has 158 valence electrons. The van der Waals surface area contributed by atoms with Crippen LogP contribution in [-0.2, 0) is 11.2 Å². The number of unbranched alkanes of at least 4 members (excludes halogenated alkanes) is 1. The molecule has 4 aromatic heterocycles. The maximum absolute atomic E-state index is 13.2. The van der Waals surface area contributed by atoms with E-state index < -0.39 is 12.1 Å². The molecular weight excluding hydrogens is 393 g/mol. The van der Waals surface area contributed by atoms with Gasteiger partial charge in [-0.25, -0.2) is 14.4 Å². The molecule has 4 aromatic rings. The Kier molecular flexibility index (Phi) is 4.88. The van der Waals surface area contributed by atoms with Crippen LogP contribution in [0.3, 0.4) is 0 Å². The number of fused-ring (bicyclic) bond motifs is 3. The Morgan fingerprint density at radius 1 is 1.19 bits per heavy atom. The van der Waals surface area contributed by atoms with Crippen LogP contribution in [0.4, 0.5) is 10.2 Å². The van der Waals surface area contributed by atoms with Gasteiger partial charge in [-0.2, -0.15) is 0 Å². The third-order valence-electron chi connectivity index (χ3n) is 5.90. The van der Waals surface area contributed by atoms with Crippen LogP contribution in [0, 0.1) is 12.8 Å². The summed E-state index contributed by atoms with van der Waals surface area (Å²) in [5, 5.41) is 3.65. The third kappa shape index (κ3) is 3.65. The lowest BCUT2D eigenvalue weighted by Crippen LogP contribution is -2.15. The largest absolute Gasteiger partial charge is 0.310 e. The minimum Gasteiger partial charge on any atom is -0.310 e. The van der Waals surface area contributed by atoms with E-state index in [9.17, 15) is 9.18 Å². The number of carbonyl (C=O) groups excluding carboxylic acids is 1. The first-order valence-corrected chi connectivity index (χ1v) is 10.7. The summed E-state index contributed by atoms with van der Waals surface area (Å²) in [6.45, 7) is 4.28. The lowest BCUT2D eigenvalue weighted by molar-refractivity contribution is -0.117. The number of rotatable bonds is 6. The van der Waals surface area contributed by atoms with E-state index in [-0.39, 0.29) is 5.91 Å². The number of hydrogen-bond donors (Lipinski definition) is 1. The van der Waals surface area contributed by atoms with Crippen molar-refractivity contribution < 1.29 is 9.18 Å². The van der Waals surface area contributed by atoms with E-state index in [1.807, 2.05) is 16.8 Å². The number of nitrogens with zero attached hydrogens (tertiary/aromatic N) is 4. The van der Waals surface area contributed by atoms with E-state index in [0.29, 0.717) is 12.2 Å². The van der Waals surface area contributed by atoms with Crippen molar-refractivity contribution in [3.63, 3.8) is 0 Å². The molecule has 7 heteroatoms. The molecule has 0 saturated heterocycles. The number of anilines is 1. The van der Waals surface area contributed by atoms with E-state index in [1.54, 1.807) is 18.5 Å². The smallest absolute Gasteiger partial charge is 0.231 e. The Morgan fingerprint density at radius 3 is 2.77 bits per heavy atom.